The van der Waals surface area contributed by atoms with Crippen LogP contribution in [0.5, 0.6) is 5.75 Å². The van der Waals surface area contributed by atoms with Crippen LogP contribution in [-0.4, -0.2) is 23.9 Å². The fourth-order valence-electron chi connectivity index (χ4n) is 4.33. The molecule has 8 heteroatoms. The molecule has 2 aromatic rings. The summed E-state index contributed by atoms with van der Waals surface area (Å²) in [4.78, 5) is 12.6. The summed E-state index contributed by atoms with van der Waals surface area (Å²) in [7, 11) is -4.80. The second kappa shape index (κ2) is 10.9. The van der Waals surface area contributed by atoms with Crippen LogP contribution in [0.1, 0.15) is 62.3 Å². The number of carbonyl (C=O) groups excluding carboxylic acids is 1. The molecule has 0 unspecified atom stereocenters. The SMILES string of the molecule is CCCC1=C/C(=C(/c2ccccc2S(=O)(=O)[O-])c2cc(CCC)c(O)c(Br)c2C)C(C)=C(Br)C1=O. The molecule has 186 valence electrons. The summed E-state index contributed by atoms with van der Waals surface area (Å²) in [6.45, 7) is 7.60. The highest BCUT2D eigenvalue weighted by molar-refractivity contribution is 9.12. The third kappa shape index (κ3) is 5.40. The van der Waals surface area contributed by atoms with Crippen molar-refractivity contribution in [3.8, 4) is 5.75 Å². The Kier molecular flexibility index (Phi) is 8.63. The van der Waals surface area contributed by atoms with Gasteiger partial charge in [0.1, 0.15) is 15.9 Å². The highest BCUT2D eigenvalue weighted by Crippen LogP contribution is 2.44. The van der Waals surface area contributed by atoms with Gasteiger partial charge in [0.25, 0.3) is 0 Å². The fraction of sp³-hybridized carbons (Fsp3) is 0.296. The van der Waals surface area contributed by atoms with Gasteiger partial charge in [-0.05, 0) is 110 Å². The van der Waals surface area contributed by atoms with Gasteiger partial charge in [-0.3, -0.25) is 4.79 Å². The van der Waals surface area contributed by atoms with E-state index in [-0.39, 0.29) is 22.0 Å². The summed E-state index contributed by atoms with van der Waals surface area (Å²) in [5, 5.41) is 10.7. The number of ketones is 1. The number of hydrogen-bond donors (Lipinski definition) is 1. The van der Waals surface area contributed by atoms with Crippen LogP contribution in [0.3, 0.4) is 0 Å². The van der Waals surface area contributed by atoms with Crippen molar-refractivity contribution in [2.24, 2.45) is 0 Å². The monoisotopic (exact) mass is 621 g/mol. The predicted octanol–water partition coefficient (Wildman–Crippen LogP) is 7.10. The Bertz CT molecular complexity index is 1400. The zero-order chi connectivity index (χ0) is 26.1. The maximum absolute atomic E-state index is 12.9. The molecule has 0 bridgehead atoms. The van der Waals surface area contributed by atoms with E-state index in [9.17, 15) is 22.9 Å². The Morgan fingerprint density at radius 3 is 2.26 bits per heavy atom. The number of hydrogen-bond acceptors (Lipinski definition) is 5. The number of halogens is 2. The van der Waals surface area contributed by atoms with Gasteiger partial charge in [-0.1, -0.05) is 44.9 Å². The normalized spacial score (nSPS) is 16.0. The first-order valence-electron chi connectivity index (χ1n) is 11.4. The van der Waals surface area contributed by atoms with Gasteiger partial charge in [0, 0.05) is 11.1 Å². The van der Waals surface area contributed by atoms with Crippen LogP contribution >= 0.6 is 31.9 Å². The molecule has 1 aliphatic rings. The Morgan fingerprint density at radius 1 is 1.03 bits per heavy atom. The lowest BCUT2D eigenvalue weighted by molar-refractivity contribution is -0.111. The van der Waals surface area contributed by atoms with Crippen molar-refractivity contribution >= 4 is 53.3 Å². The standard InChI is InChI=1S/C27H28Br2O5S/c1-5-9-17-13-20(15(3)24(28)26(17)30)23(19-11-7-8-12-22(19)35(32,33)34)21-14-18(10-6-2)27(31)25(29)16(21)4/h7-8,11-14,30H,5-6,9-10H2,1-4H3,(H,32,33,34)/p-1/b23-21+. The molecule has 5 nitrogen and oxygen atoms in total. The van der Waals surface area contributed by atoms with Crippen molar-refractivity contribution in [2.45, 2.75) is 58.3 Å². The van der Waals surface area contributed by atoms with Crippen LogP contribution in [0.15, 0.2) is 67.0 Å². The first kappa shape index (κ1) is 27.6. The average molecular weight is 623 g/mol. The highest BCUT2D eigenvalue weighted by Gasteiger charge is 2.28. The lowest BCUT2D eigenvalue weighted by atomic mass is 9.82. The fourth-order valence-corrected chi connectivity index (χ4v) is 5.95. The van der Waals surface area contributed by atoms with Crippen LogP contribution < -0.4 is 0 Å². The molecular weight excluding hydrogens is 596 g/mol. The van der Waals surface area contributed by atoms with Crippen molar-refractivity contribution < 1.29 is 22.9 Å². The van der Waals surface area contributed by atoms with Crippen molar-refractivity contribution in [1.29, 1.82) is 0 Å². The molecular formula is C27H27Br2O5S-. The molecule has 0 atom stereocenters. The molecule has 0 radical (unpaired) electrons. The van der Waals surface area contributed by atoms with Crippen LogP contribution in [-0.2, 0) is 21.3 Å². The molecule has 2 aromatic carbocycles. The lowest BCUT2D eigenvalue weighted by Gasteiger charge is -2.25. The van der Waals surface area contributed by atoms with Crippen molar-refractivity contribution in [1.82, 2.24) is 0 Å². The molecule has 1 aliphatic carbocycles. The van der Waals surface area contributed by atoms with E-state index in [4.69, 9.17) is 0 Å². The smallest absolute Gasteiger partial charge is 0.196 e. The largest absolute Gasteiger partial charge is 0.744 e. The van der Waals surface area contributed by atoms with Gasteiger partial charge < -0.3 is 9.66 Å². The van der Waals surface area contributed by atoms with Gasteiger partial charge in [0.2, 0.25) is 0 Å². The van der Waals surface area contributed by atoms with Gasteiger partial charge in [-0.2, -0.15) is 0 Å². The quantitative estimate of drug-likeness (QED) is 0.332. The zero-order valence-electron chi connectivity index (χ0n) is 20.0. The van der Waals surface area contributed by atoms with Crippen LogP contribution in [0, 0.1) is 6.92 Å². The number of carbonyl (C=O) groups is 1. The molecule has 3 rings (SSSR count). The summed E-state index contributed by atoms with van der Waals surface area (Å²) >= 11 is 6.95. The van der Waals surface area contributed by atoms with E-state index in [0.717, 1.165) is 12.8 Å². The van der Waals surface area contributed by atoms with E-state index in [1.54, 1.807) is 25.1 Å². The highest BCUT2D eigenvalue weighted by atomic mass is 79.9. The third-order valence-electron chi connectivity index (χ3n) is 6.11. The van der Waals surface area contributed by atoms with Gasteiger partial charge in [-0.15, -0.1) is 0 Å². The number of allylic oxidation sites excluding steroid dienone is 5. The Hall–Kier alpha value is -2.00. The van der Waals surface area contributed by atoms with Crippen LogP contribution in [0.2, 0.25) is 0 Å². The molecule has 0 fully saturated rings. The summed E-state index contributed by atoms with van der Waals surface area (Å²) in [5.41, 5.74) is 4.73. The second-order valence-corrected chi connectivity index (χ2v) is 11.5. The molecule has 0 saturated heterocycles. The van der Waals surface area contributed by atoms with Crippen molar-refractivity contribution in [3.05, 3.63) is 84.3 Å². The topological polar surface area (TPSA) is 94.5 Å². The van der Waals surface area contributed by atoms with E-state index >= 15 is 0 Å². The molecule has 0 amide bonds. The minimum atomic E-state index is -4.80. The van der Waals surface area contributed by atoms with Gasteiger partial charge in [-0.25, -0.2) is 8.42 Å². The summed E-state index contributed by atoms with van der Waals surface area (Å²) in [5.74, 6) is 0.0316. The van der Waals surface area contributed by atoms with Crippen molar-refractivity contribution in [2.75, 3.05) is 0 Å². The molecule has 35 heavy (non-hydrogen) atoms. The molecule has 0 aliphatic heterocycles. The number of Topliss-reactive ketones (excluding diaryl/α,β-unsaturated/α-hetero) is 1. The van der Waals surface area contributed by atoms with E-state index in [2.05, 4.69) is 31.9 Å². The number of phenols is 1. The van der Waals surface area contributed by atoms with Crippen molar-refractivity contribution in [3.63, 3.8) is 0 Å². The Morgan fingerprint density at radius 2 is 1.66 bits per heavy atom. The maximum Gasteiger partial charge on any atom is 0.196 e. The Balaban J connectivity index is 2.58. The second-order valence-electron chi connectivity index (χ2n) is 8.55. The van der Waals surface area contributed by atoms with E-state index < -0.39 is 10.1 Å². The zero-order valence-corrected chi connectivity index (χ0v) is 24.0. The molecule has 0 heterocycles. The minimum absolute atomic E-state index is 0.104. The van der Waals surface area contributed by atoms with E-state index in [1.165, 1.54) is 12.1 Å². The first-order valence-corrected chi connectivity index (χ1v) is 14.4. The number of phenolic OH excluding ortho intramolecular Hbond substituents is 1. The lowest BCUT2D eigenvalue weighted by Crippen LogP contribution is -2.13. The molecule has 1 N–H and O–H groups in total. The first-order chi connectivity index (χ1) is 16.4. The predicted molar refractivity (Wildman–Crippen MR) is 145 cm³/mol. The summed E-state index contributed by atoms with van der Waals surface area (Å²) in [6.07, 6.45) is 4.51. The minimum Gasteiger partial charge on any atom is -0.744 e. The summed E-state index contributed by atoms with van der Waals surface area (Å²) in [6, 6.07) is 7.95. The average Bonchev–Trinajstić information content (AvgIpc) is 2.81. The number of rotatable bonds is 7. The molecule has 0 aromatic heterocycles. The van der Waals surface area contributed by atoms with Crippen LogP contribution in [0.25, 0.3) is 5.57 Å². The van der Waals surface area contributed by atoms with Gasteiger partial charge in [0.15, 0.2) is 5.78 Å². The van der Waals surface area contributed by atoms with Gasteiger partial charge >= 0.3 is 0 Å². The molecule has 0 saturated carbocycles. The molecule has 0 spiro atoms. The number of aryl methyl sites for hydroxylation is 1. The maximum atomic E-state index is 12.9. The van der Waals surface area contributed by atoms with E-state index in [1.807, 2.05) is 26.8 Å². The Labute approximate surface area is 223 Å². The van der Waals surface area contributed by atoms with Crippen LogP contribution in [0.4, 0.5) is 0 Å². The summed E-state index contributed by atoms with van der Waals surface area (Å²) < 4.78 is 37.8. The number of benzene rings is 2. The number of aromatic hydroxyl groups is 1. The third-order valence-corrected chi connectivity index (χ3v) is 8.93. The van der Waals surface area contributed by atoms with E-state index in [0.29, 0.717) is 60.8 Å². The van der Waals surface area contributed by atoms with Gasteiger partial charge in [0.05, 0.1) is 13.9 Å².